The second kappa shape index (κ2) is 8.14. The van der Waals surface area contributed by atoms with E-state index in [0.29, 0.717) is 16.2 Å². The molecule has 0 atom stereocenters. The minimum Gasteiger partial charge on any atom is -0.484 e. The van der Waals surface area contributed by atoms with E-state index in [1.807, 2.05) is 18.2 Å². The van der Waals surface area contributed by atoms with Crippen LogP contribution in [0.3, 0.4) is 0 Å². The summed E-state index contributed by atoms with van der Waals surface area (Å²) in [4.78, 5) is 25.7. The summed E-state index contributed by atoms with van der Waals surface area (Å²) in [5.74, 6) is 2.85. The van der Waals surface area contributed by atoms with Gasteiger partial charge >= 0.3 is 0 Å². The van der Waals surface area contributed by atoms with Gasteiger partial charge in [-0.05, 0) is 36.4 Å². The molecular formula is C23H21NO4S. The van der Waals surface area contributed by atoms with Crippen LogP contribution < -0.4 is 10.1 Å². The molecule has 3 aromatic rings. The van der Waals surface area contributed by atoms with Gasteiger partial charge in [0, 0.05) is 5.39 Å². The minimum atomic E-state index is -0.597. The number of Topliss-reactive ketones (excluding diaryl/α,β-unsaturated/α-hetero) is 1. The van der Waals surface area contributed by atoms with Crippen molar-refractivity contribution < 1.29 is 18.7 Å². The first kappa shape index (κ1) is 19.3. The van der Waals surface area contributed by atoms with Gasteiger partial charge in [0.1, 0.15) is 21.7 Å². The number of hydrogen-bond acceptors (Lipinski definition) is 5. The van der Waals surface area contributed by atoms with Gasteiger partial charge < -0.3 is 14.5 Å². The highest BCUT2D eigenvalue weighted by molar-refractivity contribution is 7.12. The Morgan fingerprint density at radius 2 is 2.00 bits per heavy atom. The third-order valence-electron chi connectivity index (χ3n) is 5.23. The monoisotopic (exact) mass is 407 g/mol. The molecule has 1 fully saturated rings. The Labute approximate surface area is 173 Å². The van der Waals surface area contributed by atoms with Crippen LogP contribution >= 0.6 is 11.3 Å². The summed E-state index contributed by atoms with van der Waals surface area (Å²) in [6.07, 6.45) is 10.4. The Morgan fingerprint density at radius 3 is 2.76 bits per heavy atom. The summed E-state index contributed by atoms with van der Waals surface area (Å²) in [5.41, 5.74) is 0.0549. The van der Waals surface area contributed by atoms with Crippen molar-refractivity contribution in [1.82, 2.24) is 5.32 Å². The average Bonchev–Trinajstić information content (AvgIpc) is 3.39. The third kappa shape index (κ3) is 4.06. The van der Waals surface area contributed by atoms with E-state index in [-0.39, 0.29) is 24.1 Å². The molecule has 1 amide bonds. The lowest BCUT2D eigenvalue weighted by Gasteiger charge is -2.33. The molecule has 2 heterocycles. The van der Waals surface area contributed by atoms with Gasteiger partial charge in [-0.25, -0.2) is 0 Å². The molecule has 0 saturated heterocycles. The van der Waals surface area contributed by atoms with E-state index >= 15 is 0 Å². The number of carbonyl (C=O) groups excluding carboxylic acids is 2. The Morgan fingerprint density at radius 1 is 1.21 bits per heavy atom. The van der Waals surface area contributed by atoms with Crippen molar-refractivity contribution in [1.29, 1.82) is 0 Å². The van der Waals surface area contributed by atoms with Crippen molar-refractivity contribution in [3.63, 3.8) is 0 Å². The summed E-state index contributed by atoms with van der Waals surface area (Å²) in [6.45, 7) is -0.211. The van der Waals surface area contributed by atoms with Crippen LogP contribution in [-0.4, -0.2) is 23.8 Å². The highest BCUT2D eigenvalue weighted by Crippen LogP contribution is 2.30. The number of terminal acetylenes is 1. The Hall–Kier alpha value is -3.04. The molecule has 0 radical (unpaired) electrons. The van der Waals surface area contributed by atoms with E-state index in [0.717, 1.165) is 37.5 Å². The van der Waals surface area contributed by atoms with E-state index in [4.69, 9.17) is 15.6 Å². The molecule has 0 spiro atoms. The second-order valence-electron chi connectivity index (χ2n) is 7.22. The SMILES string of the molecule is C#CC1(NC(=O)c2sccc2OCC(=O)c2cc3ccccc3o2)CCCCC1. The molecule has 1 N–H and O–H groups in total. The molecular weight excluding hydrogens is 386 g/mol. The van der Waals surface area contributed by atoms with Crippen LogP contribution in [0.4, 0.5) is 0 Å². The number of benzene rings is 1. The van der Waals surface area contributed by atoms with Crippen molar-refractivity contribution in [2.45, 2.75) is 37.6 Å². The number of fused-ring (bicyclic) bond motifs is 1. The first-order chi connectivity index (χ1) is 14.1. The van der Waals surface area contributed by atoms with Crippen LogP contribution in [0.1, 0.15) is 52.3 Å². The zero-order valence-electron chi connectivity index (χ0n) is 15.9. The number of amides is 1. The molecule has 29 heavy (non-hydrogen) atoms. The van der Waals surface area contributed by atoms with Crippen LogP contribution in [0.5, 0.6) is 5.75 Å². The third-order valence-corrected chi connectivity index (χ3v) is 6.13. The van der Waals surface area contributed by atoms with E-state index < -0.39 is 5.54 Å². The average molecular weight is 407 g/mol. The zero-order valence-corrected chi connectivity index (χ0v) is 16.7. The predicted molar refractivity (Wildman–Crippen MR) is 112 cm³/mol. The number of nitrogens with one attached hydrogen (secondary N) is 1. The van der Waals surface area contributed by atoms with Gasteiger partial charge in [0.05, 0.1) is 0 Å². The topological polar surface area (TPSA) is 68.5 Å². The minimum absolute atomic E-state index is 0.211. The first-order valence-electron chi connectivity index (χ1n) is 9.63. The van der Waals surface area contributed by atoms with Crippen molar-refractivity contribution in [3.05, 3.63) is 52.4 Å². The normalized spacial score (nSPS) is 15.6. The molecule has 1 aromatic carbocycles. The molecule has 1 saturated carbocycles. The summed E-state index contributed by atoms with van der Waals surface area (Å²) in [7, 11) is 0. The number of rotatable bonds is 6. The maximum absolute atomic E-state index is 12.8. The molecule has 0 aliphatic heterocycles. The maximum Gasteiger partial charge on any atom is 0.266 e. The largest absolute Gasteiger partial charge is 0.484 e. The number of ketones is 1. The van der Waals surface area contributed by atoms with Crippen LogP contribution in [0.25, 0.3) is 11.0 Å². The maximum atomic E-state index is 12.8. The Kier molecular flexibility index (Phi) is 5.41. The summed E-state index contributed by atoms with van der Waals surface area (Å²) < 4.78 is 11.2. The van der Waals surface area contributed by atoms with Crippen molar-refractivity contribution in [3.8, 4) is 18.1 Å². The smallest absolute Gasteiger partial charge is 0.266 e. The van der Waals surface area contributed by atoms with Crippen molar-refractivity contribution in [2.24, 2.45) is 0 Å². The highest BCUT2D eigenvalue weighted by atomic mass is 32.1. The van der Waals surface area contributed by atoms with E-state index in [1.165, 1.54) is 11.3 Å². The fourth-order valence-electron chi connectivity index (χ4n) is 3.65. The number of ether oxygens (including phenoxy) is 1. The predicted octanol–water partition coefficient (Wildman–Crippen LogP) is 4.82. The molecule has 1 aliphatic carbocycles. The molecule has 6 heteroatoms. The number of thiophene rings is 1. The van der Waals surface area contributed by atoms with Gasteiger partial charge in [-0.15, -0.1) is 17.8 Å². The molecule has 0 bridgehead atoms. The Balaban J connectivity index is 1.43. The highest BCUT2D eigenvalue weighted by Gasteiger charge is 2.33. The van der Waals surface area contributed by atoms with Crippen molar-refractivity contribution >= 4 is 34.0 Å². The van der Waals surface area contributed by atoms with Gasteiger partial charge in [0.2, 0.25) is 5.78 Å². The standard InChI is InChI=1S/C23H21NO4S/c1-2-23(11-6-3-7-12-23)24-22(26)21-19(10-13-29-21)27-15-17(25)20-14-16-8-4-5-9-18(16)28-20/h1,4-5,8-10,13-14H,3,6-7,11-12,15H2,(H,24,26). The van der Waals surface area contributed by atoms with E-state index in [1.54, 1.807) is 23.6 Å². The van der Waals surface area contributed by atoms with Gasteiger partial charge in [-0.3, -0.25) is 9.59 Å². The quantitative estimate of drug-likeness (QED) is 0.470. The first-order valence-corrected chi connectivity index (χ1v) is 10.5. The zero-order chi connectivity index (χ0) is 20.3. The van der Waals surface area contributed by atoms with Crippen LogP contribution in [0.2, 0.25) is 0 Å². The molecule has 2 aromatic heterocycles. The number of hydrogen-bond donors (Lipinski definition) is 1. The fourth-order valence-corrected chi connectivity index (χ4v) is 4.37. The lowest BCUT2D eigenvalue weighted by atomic mass is 9.82. The Bertz CT molecular complexity index is 1050. The van der Waals surface area contributed by atoms with Crippen LogP contribution in [-0.2, 0) is 0 Å². The summed E-state index contributed by atoms with van der Waals surface area (Å²) in [5, 5.41) is 5.64. The lowest BCUT2D eigenvalue weighted by Crippen LogP contribution is -2.48. The molecule has 1 aliphatic rings. The molecule has 5 nitrogen and oxygen atoms in total. The van der Waals surface area contributed by atoms with Crippen LogP contribution in [0.15, 0.2) is 46.2 Å². The van der Waals surface area contributed by atoms with Gasteiger partial charge in [0.15, 0.2) is 12.4 Å². The van der Waals surface area contributed by atoms with E-state index in [2.05, 4.69) is 11.2 Å². The summed E-state index contributed by atoms with van der Waals surface area (Å²) in [6, 6.07) is 10.8. The lowest BCUT2D eigenvalue weighted by molar-refractivity contribution is 0.0872. The summed E-state index contributed by atoms with van der Waals surface area (Å²) >= 11 is 1.27. The number of furan rings is 1. The molecule has 148 valence electrons. The molecule has 0 unspecified atom stereocenters. The van der Waals surface area contributed by atoms with E-state index in [9.17, 15) is 9.59 Å². The van der Waals surface area contributed by atoms with Gasteiger partial charge in [-0.2, -0.15) is 0 Å². The fraction of sp³-hybridized carbons (Fsp3) is 0.304. The molecule has 4 rings (SSSR count). The van der Waals surface area contributed by atoms with Crippen LogP contribution in [0, 0.1) is 12.3 Å². The number of carbonyl (C=O) groups is 2. The number of para-hydroxylation sites is 1. The van der Waals surface area contributed by atoms with Gasteiger partial charge in [0.25, 0.3) is 5.91 Å². The second-order valence-corrected chi connectivity index (χ2v) is 8.13. The van der Waals surface area contributed by atoms with Crippen molar-refractivity contribution in [2.75, 3.05) is 6.61 Å². The van der Waals surface area contributed by atoms with Gasteiger partial charge in [-0.1, -0.05) is 43.4 Å².